The fourth-order valence-electron chi connectivity index (χ4n) is 2.15. The smallest absolute Gasteiger partial charge is 0.336 e. The van der Waals surface area contributed by atoms with E-state index in [1.54, 1.807) is 0 Å². The summed E-state index contributed by atoms with van der Waals surface area (Å²) in [7, 11) is 0. The highest BCUT2D eigenvalue weighted by molar-refractivity contribution is 6.03. The Labute approximate surface area is 135 Å². The summed E-state index contributed by atoms with van der Waals surface area (Å²) in [5, 5.41) is 9.58. The van der Waals surface area contributed by atoms with Crippen molar-refractivity contribution >= 4 is 17.6 Å². The van der Waals surface area contributed by atoms with Gasteiger partial charge >= 0.3 is 6.03 Å². The number of aromatic nitrogens is 2. The van der Waals surface area contributed by atoms with Gasteiger partial charge in [0.25, 0.3) is 5.91 Å². The average Bonchev–Trinajstić information content (AvgIpc) is 3.00. The second-order valence-electron chi connectivity index (χ2n) is 5.50. The van der Waals surface area contributed by atoms with Crippen molar-refractivity contribution in [3.63, 3.8) is 0 Å². The van der Waals surface area contributed by atoms with Crippen molar-refractivity contribution in [1.82, 2.24) is 15.1 Å². The number of nitrogens with one attached hydrogen (secondary N) is 2. The molecular formula is C17H22N4O2. The molecule has 2 rings (SSSR count). The lowest BCUT2D eigenvalue weighted by Gasteiger charge is -2.07. The van der Waals surface area contributed by atoms with Gasteiger partial charge in [0.15, 0.2) is 5.69 Å². The molecule has 0 unspecified atom stereocenters. The highest BCUT2D eigenvalue weighted by Gasteiger charge is 2.13. The molecule has 1 aromatic carbocycles. The third-order valence-electron chi connectivity index (χ3n) is 3.47. The van der Waals surface area contributed by atoms with Crippen molar-refractivity contribution < 1.29 is 9.59 Å². The van der Waals surface area contributed by atoms with E-state index in [0.717, 1.165) is 34.3 Å². The molecule has 2 amide bonds. The summed E-state index contributed by atoms with van der Waals surface area (Å²) in [5.41, 5.74) is 3.06. The van der Waals surface area contributed by atoms with Gasteiger partial charge in [0, 0.05) is 18.4 Å². The number of rotatable bonds is 5. The Morgan fingerprint density at radius 2 is 2.00 bits per heavy atom. The number of benzene rings is 1. The monoisotopic (exact) mass is 314 g/mol. The van der Waals surface area contributed by atoms with E-state index >= 15 is 0 Å². The summed E-state index contributed by atoms with van der Waals surface area (Å²) in [6, 6.07) is 6.98. The highest BCUT2D eigenvalue weighted by atomic mass is 16.2. The zero-order valence-electron chi connectivity index (χ0n) is 13.7. The lowest BCUT2D eigenvalue weighted by Crippen LogP contribution is -2.30. The maximum Gasteiger partial charge on any atom is 0.342 e. The SMILES string of the molecule is CCCCNC(=O)n1ccc(C(=O)Nc2ccc(C)cc2C)n1. The van der Waals surface area contributed by atoms with Crippen LogP contribution < -0.4 is 10.6 Å². The molecule has 2 N–H and O–H groups in total. The third-order valence-corrected chi connectivity index (χ3v) is 3.47. The Balaban J connectivity index is 2.02. The largest absolute Gasteiger partial charge is 0.342 e. The summed E-state index contributed by atoms with van der Waals surface area (Å²) in [6.07, 6.45) is 3.40. The first-order valence-corrected chi connectivity index (χ1v) is 7.73. The van der Waals surface area contributed by atoms with E-state index in [2.05, 4.69) is 22.7 Å². The van der Waals surface area contributed by atoms with Gasteiger partial charge in [0.1, 0.15) is 0 Å². The van der Waals surface area contributed by atoms with Crippen LogP contribution in [-0.4, -0.2) is 28.3 Å². The number of aryl methyl sites for hydroxylation is 2. The van der Waals surface area contributed by atoms with Gasteiger partial charge in [0.2, 0.25) is 0 Å². The Hall–Kier alpha value is -2.63. The molecule has 1 aromatic heterocycles. The van der Waals surface area contributed by atoms with Crippen LogP contribution in [0.4, 0.5) is 10.5 Å². The maximum atomic E-state index is 12.2. The number of hydrogen-bond donors (Lipinski definition) is 2. The minimum Gasteiger partial charge on any atom is -0.336 e. The van der Waals surface area contributed by atoms with Crippen molar-refractivity contribution in [2.45, 2.75) is 33.6 Å². The molecule has 0 bridgehead atoms. The molecule has 0 radical (unpaired) electrons. The molecule has 0 saturated carbocycles. The molecule has 0 aliphatic rings. The van der Waals surface area contributed by atoms with Crippen LogP contribution in [0.15, 0.2) is 30.5 Å². The molecular weight excluding hydrogens is 292 g/mol. The third kappa shape index (κ3) is 4.42. The zero-order chi connectivity index (χ0) is 16.8. The number of carbonyl (C=O) groups is 2. The summed E-state index contributed by atoms with van der Waals surface area (Å²) in [4.78, 5) is 24.1. The van der Waals surface area contributed by atoms with Gasteiger partial charge < -0.3 is 10.6 Å². The molecule has 0 saturated heterocycles. The molecule has 0 spiro atoms. The molecule has 0 aliphatic heterocycles. The molecule has 2 aromatic rings. The Morgan fingerprint density at radius 3 is 2.70 bits per heavy atom. The zero-order valence-corrected chi connectivity index (χ0v) is 13.7. The van der Waals surface area contributed by atoms with E-state index in [1.807, 2.05) is 32.0 Å². The van der Waals surface area contributed by atoms with Gasteiger partial charge in [-0.25, -0.2) is 4.79 Å². The van der Waals surface area contributed by atoms with Crippen molar-refractivity contribution in [1.29, 1.82) is 0 Å². The van der Waals surface area contributed by atoms with E-state index in [1.165, 1.54) is 12.3 Å². The molecule has 0 atom stereocenters. The molecule has 122 valence electrons. The van der Waals surface area contributed by atoms with Crippen LogP contribution in [0.2, 0.25) is 0 Å². The lowest BCUT2D eigenvalue weighted by atomic mass is 10.1. The number of nitrogens with zero attached hydrogens (tertiary/aromatic N) is 2. The minimum atomic E-state index is -0.336. The molecule has 0 aliphatic carbocycles. The highest BCUT2D eigenvalue weighted by Crippen LogP contribution is 2.16. The van der Waals surface area contributed by atoms with Crippen LogP contribution >= 0.6 is 0 Å². The number of hydrogen-bond acceptors (Lipinski definition) is 3. The fourth-order valence-corrected chi connectivity index (χ4v) is 2.15. The predicted octanol–water partition coefficient (Wildman–Crippen LogP) is 3.11. The second-order valence-corrected chi connectivity index (χ2v) is 5.50. The van der Waals surface area contributed by atoms with E-state index in [4.69, 9.17) is 0 Å². The normalized spacial score (nSPS) is 10.4. The van der Waals surface area contributed by atoms with E-state index in [9.17, 15) is 9.59 Å². The topological polar surface area (TPSA) is 76.0 Å². The molecule has 6 heteroatoms. The van der Waals surface area contributed by atoms with Gasteiger partial charge in [-0.15, -0.1) is 0 Å². The average molecular weight is 314 g/mol. The summed E-state index contributed by atoms with van der Waals surface area (Å²) >= 11 is 0. The van der Waals surface area contributed by atoms with E-state index in [-0.39, 0.29) is 17.6 Å². The van der Waals surface area contributed by atoms with Crippen LogP contribution in [0.1, 0.15) is 41.4 Å². The van der Waals surface area contributed by atoms with Crippen molar-refractivity contribution in [3.05, 3.63) is 47.3 Å². The van der Waals surface area contributed by atoms with Crippen LogP contribution in [0.25, 0.3) is 0 Å². The van der Waals surface area contributed by atoms with Gasteiger partial charge in [-0.3, -0.25) is 4.79 Å². The van der Waals surface area contributed by atoms with Crippen LogP contribution in [0.3, 0.4) is 0 Å². The molecule has 1 heterocycles. The Morgan fingerprint density at radius 1 is 1.22 bits per heavy atom. The molecule has 23 heavy (non-hydrogen) atoms. The lowest BCUT2D eigenvalue weighted by molar-refractivity contribution is 0.102. The second kappa shape index (κ2) is 7.58. The maximum absolute atomic E-state index is 12.2. The molecule has 6 nitrogen and oxygen atoms in total. The van der Waals surface area contributed by atoms with Gasteiger partial charge in [-0.1, -0.05) is 31.0 Å². The van der Waals surface area contributed by atoms with Gasteiger partial charge in [-0.05, 0) is 38.0 Å². The van der Waals surface area contributed by atoms with Gasteiger partial charge in [0.05, 0.1) is 0 Å². The first kappa shape index (κ1) is 16.7. The minimum absolute atomic E-state index is 0.204. The first-order valence-electron chi connectivity index (χ1n) is 7.73. The van der Waals surface area contributed by atoms with E-state index in [0.29, 0.717) is 6.54 Å². The number of amides is 2. The summed E-state index contributed by atoms with van der Waals surface area (Å²) < 4.78 is 1.15. The van der Waals surface area contributed by atoms with Crippen LogP contribution in [0.5, 0.6) is 0 Å². The van der Waals surface area contributed by atoms with Crippen molar-refractivity contribution in [3.8, 4) is 0 Å². The van der Waals surface area contributed by atoms with E-state index < -0.39 is 0 Å². The molecule has 0 fully saturated rings. The Bertz CT molecular complexity index is 706. The Kier molecular flexibility index (Phi) is 5.51. The standard InChI is InChI=1S/C17H22N4O2/c1-4-5-9-18-17(23)21-10-8-15(20-21)16(22)19-14-7-6-12(2)11-13(14)3/h6-8,10-11H,4-5,9H2,1-3H3,(H,18,23)(H,19,22). The number of anilines is 1. The van der Waals surface area contributed by atoms with Crippen LogP contribution in [0, 0.1) is 13.8 Å². The number of carbonyl (C=O) groups excluding carboxylic acids is 2. The number of unbranched alkanes of at least 4 members (excludes halogenated alkanes) is 1. The van der Waals surface area contributed by atoms with Gasteiger partial charge in [-0.2, -0.15) is 9.78 Å². The fraction of sp³-hybridized carbons (Fsp3) is 0.353. The predicted molar refractivity (Wildman–Crippen MR) is 89.8 cm³/mol. The quantitative estimate of drug-likeness (QED) is 0.833. The summed E-state index contributed by atoms with van der Waals surface area (Å²) in [6.45, 7) is 6.58. The van der Waals surface area contributed by atoms with Crippen molar-refractivity contribution in [2.75, 3.05) is 11.9 Å². The first-order chi connectivity index (χ1) is 11.0. The summed E-state index contributed by atoms with van der Waals surface area (Å²) in [5.74, 6) is -0.336. The van der Waals surface area contributed by atoms with Crippen LogP contribution in [-0.2, 0) is 0 Å². The van der Waals surface area contributed by atoms with Crippen molar-refractivity contribution in [2.24, 2.45) is 0 Å².